The van der Waals surface area contributed by atoms with Gasteiger partial charge in [0.05, 0.1) is 11.3 Å². The van der Waals surface area contributed by atoms with Crippen LogP contribution in [0.25, 0.3) is 11.4 Å². The number of nitrogens with zero attached hydrogens (tertiary/aromatic N) is 3. The minimum Gasteiger partial charge on any atom is -0.355 e. The fourth-order valence-electron chi connectivity index (χ4n) is 1.67. The molecule has 112 valence electrons. The number of carbonyl (C=O) groups is 1. The number of nitrogens with one attached hydrogen (secondary N) is 1. The second-order valence-electron chi connectivity index (χ2n) is 4.49. The average molecular weight is 306 g/mol. The van der Waals surface area contributed by atoms with Gasteiger partial charge in [0, 0.05) is 19.7 Å². The van der Waals surface area contributed by atoms with E-state index < -0.39 is 0 Å². The Labute approximate surface area is 127 Å². The normalized spacial score (nSPS) is 10.6. The molecule has 0 aliphatic carbocycles. The topological polar surface area (TPSA) is 80.9 Å². The third kappa shape index (κ3) is 4.56. The summed E-state index contributed by atoms with van der Waals surface area (Å²) in [6.45, 7) is 4.55. The van der Waals surface area contributed by atoms with Crippen molar-refractivity contribution in [2.24, 2.45) is 0 Å². The molecule has 0 aromatic carbocycles. The van der Waals surface area contributed by atoms with Gasteiger partial charge in [0.25, 0.3) is 0 Å². The number of hydrogen-bond donors (Lipinski definition) is 1. The summed E-state index contributed by atoms with van der Waals surface area (Å²) in [7, 11) is 0. The van der Waals surface area contributed by atoms with Crippen molar-refractivity contribution < 1.29 is 9.32 Å². The third-order valence-electron chi connectivity index (χ3n) is 2.73. The Bertz CT molecular complexity index is 600. The lowest BCUT2D eigenvalue weighted by Crippen LogP contribution is -2.26. The molecule has 2 aromatic heterocycles. The van der Waals surface area contributed by atoms with E-state index in [2.05, 4.69) is 27.4 Å². The van der Waals surface area contributed by atoms with E-state index in [1.54, 1.807) is 13.1 Å². The second-order valence-corrected chi connectivity index (χ2v) is 5.45. The zero-order chi connectivity index (χ0) is 15.1. The van der Waals surface area contributed by atoms with Crippen LogP contribution >= 0.6 is 11.8 Å². The van der Waals surface area contributed by atoms with Crippen LogP contribution in [0.3, 0.4) is 0 Å². The molecule has 0 saturated carbocycles. The maximum absolute atomic E-state index is 11.7. The number of amides is 1. The molecule has 0 unspecified atom stereocenters. The van der Waals surface area contributed by atoms with Crippen LogP contribution in [0.4, 0.5) is 0 Å². The quantitative estimate of drug-likeness (QED) is 0.625. The molecular weight excluding hydrogens is 288 g/mol. The Morgan fingerprint density at radius 2 is 2.33 bits per heavy atom. The zero-order valence-electron chi connectivity index (χ0n) is 12.1. The third-order valence-corrected chi connectivity index (χ3v) is 3.74. The molecule has 0 aliphatic heterocycles. The number of aryl methyl sites for hydroxylation is 1. The van der Waals surface area contributed by atoms with E-state index in [9.17, 15) is 4.79 Å². The SMILES string of the molecule is CCCCNC(=O)CSc1ncccc1-c1noc(C)n1. The van der Waals surface area contributed by atoms with E-state index in [1.165, 1.54) is 11.8 Å². The highest BCUT2D eigenvalue weighted by Gasteiger charge is 2.13. The standard InChI is InChI=1S/C14H18N4O2S/c1-3-4-7-15-12(19)9-21-14-11(6-5-8-16-14)13-17-10(2)20-18-13/h5-6,8H,3-4,7,9H2,1-2H3,(H,15,19). The van der Waals surface area contributed by atoms with E-state index in [-0.39, 0.29) is 5.91 Å². The first-order valence-electron chi connectivity index (χ1n) is 6.86. The average Bonchev–Trinajstić information content (AvgIpc) is 2.92. The molecule has 0 fully saturated rings. The van der Waals surface area contributed by atoms with Crippen molar-refractivity contribution in [3.63, 3.8) is 0 Å². The molecule has 0 spiro atoms. The van der Waals surface area contributed by atoms with Crippen LogP contribution in [-0.2, 0) is 4.79 Å². The Morgan fingerprint density at radius 3 is 3.05 bits per heavy atom. The summed E-state index contributed by atoms with van der Waals surface area (Å²) in [6, 6.07) is 3.68. The van der Waals surface area contributed by atoms with Gasteiger partial charge in [-0.1, -0.05) is 30.3 Å². The minimum atomic E-state index is 0.00865. The van der Waals surface area contributed by atoms with Gasteiger partial charge in [-0.2, -0.15) is 4.98 Å². The largest absolute Gasteiger partial charge is 0.355 e. The maximum atomic E-state index is 11.7. The molecule has 0 bridgehead atoms. The molecule has 1 amide bonds. The Balaban J connectivity index is 1.99. The number of carbonyl (C=O) groups excluding carboxylic acids is 1. The van der Waals surface area contributed by atoms with Crippen molar-refractivity contribution in [3.8, 4) is 11.4 Å². The Hall–Kier alpha value is -1.89. The summed E-state index contributed by atoms with van der Waals surface area (Å²) in [5, 5.41) is 7.50. The fourth-order valence-corrected chi connectivity index (χ4v) is 2.49. The number of aromatic nitrogens is 3. The number of hydrogen-bond acceptors (Lipinski definition) is 6. The summed E-state index contributed by atoms with van der Waals surface area (Å²) < 4.78 is 4.99. The molecule has 0 saturated heterocycles. The monoisotopic (exact) mass is 306 g/mol. The molecular formula is C14H18N4O2S. The number of thioether (sulfide) groups is 1. The van der Waals surface area contributed by atoms with Gasteiger partial charge < -0.3 is 9.84 Å². The Kier molecular flexibility index (Phi) is 5.74. The zero-order valence-corrected chi connectivity index (χ0v) is 12.9. The van der Waals surface area contributed by atoms with Crippen molar-refractivity contribution in [3.05, 3.63) is 24.2 Å². The summed E-state index contributed by atoms with van der Waals surface area (Å²) in [5.41, 5.74) is 0.778. The van der Waals surface area contributed by atoms with Crippen LogP contribution in [0.1, 0.15) is 25.7 Å². The van der Waals surface area contributed by atoms with Crippen molar-refractivity contribution in [2.45, 2.75) is 31.7 Å². The fraction of sp³-hybridized carbons (Fsp3) is 0.429. The van der Waals surface area contributed by atoms with E-state index in [4.69, 9.17) is 4.52 Å². The van der Waals surface area contributed by atoms with Crippen molar-refractivity contribution >= 4 is 17.7 Å². The van der Waals surface area contributed by atoms with Crippen LogP contribution in [0.5, 0.6) is 0 Å². The summed E-state index contributed by atoms with van der Waals surface area (Å²) in [5.74, 6) is 1.33. The van der Waals surface area contributed by atoms with Crippen LogP contribution in [0, 0.1) is 6.92 Å². The molecule has 2 heterocycles. The number of pyridine rings is 1. The van der Waals surface area contributed by atoms with Crippen LogP contribution < -0.4 is 5.32 Å². The molecule has 7 heteroatoms. The van der Waals surface area contributed by atoms with Crippen molar-refractivity contribution in [2.75, 3.05) is 12.3 Å². The van der Waals surface area contributed by atoms with E-state index in [0.29, 0.717) is 17.5 Å². The number of rotatable bonds is 7. The van der Waals surface area contributed by atoms with Gasteiger partial charge in [0.1, 0.15) is 5.03 Å². The highest BCUT2D eigenvalue weighted by molar-refractivity contribution is 8.00. The first-order chi connectivity index (χ1) is 10.2. The summed E-state index contributed by atoms with van der Waals surface area (Å²) in [6.07, 6.45) is 3.75. The van der Waals surface area contributed by atoms with Gasteiger partial charge in [-0.3, -0.25) is 4.79 Å². The first kappa shape index (κ1) is 15.5. The molecule has 6 nitrogen and oxygen atoms in total. The molecule has 2 rings (SSSR count). The lowest BCUT2D eigenvalue weighted by atomic mass is 10.3. The highest BCUT2D eigenvalue weighted by atomic mass is 32.2. The van der Waals surface area contributed by atoms with Crippen molar-refractivity contribution in [1.82, 2.24) is 20.4 Å². The summed E-state index contributed by atoms with van der Waals surface area (Å²) in [4.78, 5) is 20.2. The first-order valence-corrected chi connectivity index (χ1v) is 7.84. The predicted octanol–water partition coefficient (Wildman–Crippen LogP) is 2.45. The van der Waals surface area contributed by atoms with Gasteiger partial charge in [0.15, 0.2) is 0 Å². The molecule has 0 radical (unpaired) electrons. The van der Waals surface area contributed by atoms with Gasteiger partial charge >= 0.3 is 0 Å². The molecule has 0 aliphatic rings. The highest BCUT2D eigenvalue weighted by Crippen LogP contribution is 2.27. The maximum Gasteiger partial charge on any atom is 0.230 e. The predicted molar refractivity (Wildman–Crippen MR) is 80.9 cm³/mol. The Morgan fingerprint density at radius 1 is 1.48 bits per heavy atom. The van der Waals surface area contributed by atoms with Crippen LogP contribution in [-0.4, -0.2) is 33.3 Å². The molecule has 21 heavy (non-hydrogen) atoms. The molecule has 0 atom stereocenters. The van der Waals surface area contributed by atoms with E-state index in [0.717, 1.165) is 30.0 Å². The van der Waals surface area contributed by atoms with Crippen LogP contribution in [0.15, 0.2) is 27.9 Å². The lowest BCUT2D eigenvalue weighted by Gasteiger charge is -2.06. The molecule has 2 aromatic rings. The van der Waals surface area contributed by atoms with Gasteiger partial charge in [-0.15, -0.1) is 0 Å². The van der Waals surface area contributed by atoms with Crippen molar-refractivity contribution in [1.29, 1.82) is 0 Å². The van der Waals surface area contributed by atoms with Gasteiger partial charge in [-0.25, -0.2) is 4.98 Å². The van der Waals surface area contributed by atoms with Gasteiger partial charge in [-0.05, 0) is 18.6 Å². The number of unbranched alkanes of at least 4 members (excludes halogenated alkanes) is 1. The minimum absolute atomic E-state index is 0.00865. The molecule has 1 N–H and O–H groups in total. The summed E-state index contributed by atoms with van der Waals surface area (Å²) >= 11 is 1.37. The second kappa shape index (κ2) is 7.78. The van der Waals surface area contributed by atoms with Gasteiger partial charge in [0.2, 0.25) is 17.6 Å². The van der Waals surface area contributed by atoms with Crippen LogP contribution in [0.2, 0.25) is 0 Å². The smallest absolute Gasteiger partial charge is 0.230 e. The van der Waals surface area contributed by atoms with E-state index >= 15 is 0 Å². The lowest BCUT2D eigenvalue weighted by molar-refractivity contribution is -0.118. The van der Waals surface area contributed by atoms with E-state index in [1.807, 2.05) is 12.1 Å².